The van der Waals surface area contributed by atoms with Gasteiger partial charge in [0.05, 0.1) is 6.20 Å². The van der Waals surface area contributed by atoms with Gasteiger partial charge in [0, 0.05) is 54.3 Å². The maximum atomic E-state index is 14.5. The topological polar surface area (TPSA) is 68.1 Å². The minimum Gasteiger partial charge on any atom is -0.492 e. The van der Waals surface area contributed by atoms with Crippen LogP contribution in [0.2, 0.25) is 0 Å². The van der Waals surface area contributed by atoms with Gasteiger partial charge in [-0.05, 0) is 43.9 Å². The van der Waals surface area contributed by atoms with Crippen LogP contribution in [0.1, 0.15) is 5.56 Å². The molecule has 2 aromatic heterocycles. The second kappa shape index (κ2) is 9.04. The van der Waals surface area contributed by atoms with Gasteiger partial charge < -0.3 is 15.0 Å². The maximum Gasteiger partial charge on any atom is 0.227 e. The lowest BCUT2D eigenvalue weighted by atomic mass is 10.1. The van der Waals surface area contributed by atoms with E-state index in [-0.39, 0.29) is 11.5 Å². The molecule has 0 saturated heterocycles. The summed E-state index contributed by atoms with van der Waals surface area (Å²) in [5.74, 6) is 2.91. The molecular formula is C24H23FN6O. The number of terminal acetylenes is 1. The number of hydrogen-bond donors (Lipinski definition) is 1. The molecule has 0 aliphatic rings. The highest BCUT2D eigenvalue weighted by Crippen LogP contribution is 2.30. The fourth-order valence-corrected chi connectivity index (χ4v) is 3.21. The van der Waals surface area contributed by atoms with Crippen LogP contribution in [-0.4, -0.2) is 51.9 Å². The van der Waals surface area contributed by atoms with Gasteiger partial charge >= 0.3 is 0 Å². The first-order chi connectivity index (χ1) is 15.4. The Labute approximate surface area is 185 Å². The van der Waals surface area contributed by atoms with E-state index >= 15 is 0 Å². The van der Waals surface area contributed by atoms with E-state index in [1.165, 1.54) is 6.07 Å². The number of rotatable bonds is 7. The van der Waals surface area contributed by atoms with Gasteiger partial charge in [-0.15, -0.1) is 6.42 Å². The Kier molecular flexibility index (Phi) is 6.01. The normalized spacial score (nSPS) is 11.0. The first kappa shape index (κ1) is 21.3. The Balaban J connectivity index is 1.67. The van der Waals surface area contributed by atoms with E-state index in [1.807, 2.05) is 50.4 Å². The molecule has 0 unspecified atom stereocenters. The predicted octanol–water partition coefficient (Wildman–Crippen LogP) is 3.83. The van der Waals surface area contributed by atoms with Crippen molar-refractivity contribution in [1.29, 1.82) is 0 Å². The third-order valence-electron chi connectivity index (χ3n) is 4.81. The van der Waals surface area contributed by atoms with Crippen molar-refractivity contribution in [2.45, 2.75) is 0 Å². The number of likely N-dealkylation sites (N-methyl/N-ethyl adjacent to an activating group) is 1. The lowest BCUT2D eigenvalue weighted by Gasteiger charge is -2.14. The second-order valence-corrected chi connectivity index (χ2v) is 7.66. The van der Waals surface area contributed by atoms with Crippen LogP contribution in [-0.2, 0) is 7.05 Å². The van der Waals surface area contributed by atoms with Crippen LogP contribution in [0, 0.1) is 18.2 Å². The molecule has 8 heteroatoms. The smallest absolute Gasteiger partial charge is 0.227 e. The number of nitrogens with zero attached hydrogens (tertiary/aromatic N) is 5. The van der Waals surface area contributed by atoms with Crippen molar-refractivity contribution < 1.29 is 9.13 Å². The zero-order chi connectivity index (χ0) is 22.7. The predicted molar refractivity (Wildman–Crippen MR) is 123 cm³/mol. The molecule has 0 amide bonds. The van der Waals surface area contributed by atoms with Crippen molar-refractivity contribution in [3.05, 3.63) is 60.3 Å². The minimum atomic E-state index is -0.488. The molecule has 7 nitrogen and oxygen atoms in total. The number of aromatic nitrogens is 4. The summed E-state index contributed by atoms with van der Waals surface area (Å²) in [5.41, 5.74) is 3.23. The summed E-state index contributed by atoms with van der Waals surface area (Å²) in [4.78, 5) is 10.7. The number of aryl methyl sites for hydroxylation is 1. The molecule has 1 N–H and O–H groups in total. The largest absolute Gasteiger partial charge is 0.492 e. The van der Waals surface area contributed by atoms with Crippen LogP contribution in [0.3, 0.4) is 0 Å². The molecule has 0 bridgehead atoms. The highest BCUT2D eigenvalue weighted by molar-refractivity contribution is 5.81. The summed E-state index contributed by atoms with van der Waals surface area (Å²) >= 11 is 0. The van der Waals surface area contributed by atoms with E-state index in [9.17, 15) is 4.39 Å². The van der Waals surface area contributed by atoms with E-state index < -0.39 is 5.82 Å². The highest BCUT2D eigenvalue weighted by Gasteiger charge is 2.10. The molecule has 0 fully saturated rings. The Morgan fingerprint density at radius 1 is 1.16 bits per heavy atom. The first-order valence-electron chi connectivity index (χ1n) is 10.0. The highest BCUT2D eigenvalue weighted by atomic mass is 19.1. The van der Waals surface area contributed by atoms with Gasteiger partial charge in [-0.2, -0.15) is 5.10 Å². The van der Waals surface area contributed by atoms with E-state index in [1.54, 1.807) is 23.1 Å². The standard InChI is InChI=1S/C24H23FN6O/c1-5-16-8-18-13-26-24(29-23(18)22(25)9-16)28-20-10-17(19-14-27-31(4)15-19)11-21(12-20)32-7-6-30(2)3/h1,8-15H,6-7H2,2-4H3,(H,26,28,29). The summed E-state index contributed by atoms with van der Waals surface area (Å²) in [6, 6.07) is 8.74. The molecule has 0 atom stereocenters. The van der Waals surface area contributed by atoms with Gasteiger partial charge in [-0.25, -0.2) is 14.4 Å². The fourth-order valence-electron chi connectivity index (χ4n) is 3.21. The molecular weight excluding hydrogens is 407 g/mol. The molecule has 0 spiro atoms. The van der Waals surface area contributed by atoms with Crippen molar-refractivity contribution >= 4 is 22.5 Å². The third-order valence-corrected chi connectivity index (χ3v) is 4.81. The number of anilines is 2. The number of nitrogens with one attached hydrogen (secondary N) is 1. The van der Waals surface area contributed by atoms with Gasteiger partial charge in [0.2, 0.25) is 5.95 Å². The third kappa shape index (κ3) is 4.85. The molecule has 4 aromatic rings. The van der Waals surface area contributed by atoms with Crippen LogP contribution < -0.4 is 10.1 Å². The van der Waals surface area contributed by atoms with Gasteiger partial charge in [-0.3, -0.25) is 4.68 Å². The van der Waals surface area contributed by atoms with Crippen molar-refractivity contribution in [1.82, 2.24) is 24.6 Å². The lowest BCUT2D eigenvalue weighted by molar-refractivity contribution is 0.261. The minimum absolute atomic E-state index is 0.201. The monoisotopic (exact) mass is 430 g/mol. The lowest BCUT2D eigenvalue weighted by Crippen LogP contribution is -2.19. The van der Waals surface area contributed by atoms with Crippen LogP contribution in [0.5, 0.6) is 5.75 Å². The van der Waals surface area contributed by atoms with Crippen LogP contribution in [0.15, 0.2) is 48.9 Å². The number of hydrogen-bond acceptors (Lipinski definition) is 6. The number of ether oxygens (including phenoxy) is 1. The molecule has 32 heavy (non-hydrogen) atoms. The summed E-state index contributed by atoms with van der Waals surface area (Å²) in [6.45, 7) is 1.32. The molecule has 2 heterocycles. The van der Waals surface area contributed by atoms with Gasteiger partial charge in [0.15, 0.2) is 5.82 Å². The van der Waals surface area contributed by atoms with Crippen molar-refractivity contribution in [3.8, 4) is 29.2 Å². The Bertz CT molecular complexity index is 1310. The number of benzene rings is 2. The zero-order valence-electron chi connectivity index (χ0n) is 18.1. The SMILES string of the molecule is C#Cc1cc(F)c2nc(Nc3cc(OCCN(C)C)cc(-c4cnn(C)c4)c3)ncc2c1. The molecule has 4 rings (SSSR count). The molecule has 0 radical (unpaired) electrons. The van der Waals surface area contributed by atoms with E-state index in [0.29, 0.717) is 29.0 Å². The molecule has 0 aliphatic heterocycles. The van der Waals surface area contributed by atoms with E-state index in [4.69, 9.17) is 11.2 Å². The molecule has 162 valence electrons. The summed E-state index contributed by atoms with van der Waals surface area (Å²) in [5, 5.41) is 7.95. The van der Waals surface area contributed by atoms with Crippen LogP contribution in [0.25, 0.3) is 22.0 Å². The Morgan fingerprint density at radius 3 is 2.72 bits per heavy atom. The summed E-state index contributed by atoms with van der Waals surface area (Å²) < 4.78 is 22.2. The number of halogens is 1. The van der Waals surface area contributed by atoms with Crippen LogP contribution >= 0.6 is 0 Å². The quantitative estimate of drug-likeness (QED) is 0.450. The summed E-state index contributed by atoms with van der Waals surface area (Å²) in [7, 11) is 5.85. The molecule has 2 aromatic carbocycles. The fraction of sp³-hybridized carbons (Fsp3) is 0.208. The van der Waals surface area contributed by atoms with Gasteiger partial charge in [-0.1, -0.05) is 5.92 Å². The van der Waals surface area contributed by atoms with Crippen molar-refractivity contribution in [2.75, 3.05) is 32.6 Å². The second-order valence-electron chi connectivity index (χ2n) is 7.66. The first-order valence-corrected chi connectivity index (χ1v) is 10.0. The zero-order valence-corrected chi connectivity index (χ0v) is 18.1. The average molecular weight is 430 g/mol. The Hall–Kier alpha value is -3.96. The maximum absolute atomic E-state index is 14.5. The average Bonchev–Trinajstić information content (AvgIpc) is 3.20. The Morgan fingerprint density at radius 2 is 2.00 bits per heavy atom. The van der Waals surface area contributed by atoms with Gasteiger partial charge in [0.1, 0.15) is 17.9 Å². The van der Waals surface area contributed by atoms with E-state index in [0.717, 1.165) is 17.7 Å². The van der Waals surface area contributed by atoms with Crippen LogP contribution in [0.4, 0.5) is 16.0 Å². The molecule has 0 saturated carbocycles. The van der Waals surface area contributed by atoms with E-state index in [2.05, 4.69) is 26.3 Å². The number of fused-ring (bicyclic) bond motifs is 1. The molecule has 0 aliphatic carbocycles. The van der Waals surface area contributed by atoms with Crippen molar-refractivity contribution in [3.63, 3.8) is 0 Å². The summed E-state index contributed by atoms with van der Waals surface area (Å²) in [6.07, 6.45) is 10.6. The van der Waals surface area contributed by atoms with Crippen molar-refractivity contribution in [2.24, 2.45) is 7.05 Å². The van der Waals surface area contributed by atoms with Gasteiger partial charge in [0.25, 0.3) is 0 Å².